The lowest BCUT2D eigenvalue weighted by molar-refractivity contribution is -0.140. The quantitative estimate of drug-likeness (QED) is 0.834. The number of carbonyl (C=O) groups is 1. The summed E-state index contributed by atoms with van der Waals surface area (Å²) in [5.41, 5.74) is 0.643. The van der Waals surface area contributed by atoms with Crippen LogP contribution in [-0.2, 0) is 4.79 Å². The highest BCUT2D eigenvalue weighted by Crippen LogP contribution is 2.33. The van der Waals surface area contributed by atoms with Gasteiger partial charge in [-0.3, -0.25) is 9.69 Å². The number of hydrogen-bond acceptors (Lipinski definition) is 4. The topological polar surface area (TPSA) is 50.6 Å². The van der Waals surface area contributed by atoms with Crippen molar-refractivity contribution in [3.05, 3.63) is 30.3 Å². The fourth-order valence-electron chi connectivity index (χ4n) is 4.31. The first-order chi connectivity index (χ1) is 12.6. The van der Waals surface area contributed by atoms with E-state index in [0.29, 0.717) is 0 Å². The first-order valence-corrected chi connectivity index (χ1v) is 9.80. The van der Waals surface area contributed by atoms with Gasteiger partial charge >= 0.3 is 0 Å². The van der Waals surface area contributed by atoms with E-state index < -0.39 is 5.54 Å². The minimum absolute atomic E-state index is 0.0848. The van der Waals surface area contributed by atoms with E-state index in [1.54, 1.807) is 4.90 Å². The van der Waals surface area contributed by atoms with Gasteiger partial charge in [0.2, 0.25) is 5.91 Å². The minimum Gasteiger partial charge on any atom is -0.369 e. The SMILES string of the molecule is CC(C(=O)N(C)C1(C#N)CCCCC1)N1CCN(c2ccccc2)CC1. The number of nitrogens with zero attached hydrogens (tertiary/aromatic N) is 4. The fraction of sp³-hybridized carbons (Fsp3) is 0.619. The molecule has 0 aromatic heterocycles. The van der Waals surface area contributed by atoms with Crippen LogP contribution in [0.2, 0.25) is 0 Å². The van der Waals surface area contributed by atoms with E-state index in [4.69, 9.17) is 0 Å². The first kappa shape index (κ1) is 18.7. The first-order valence-electron chi connectivity index (χ1n) is 9.80. The molecule has 1 heterocycles. The number of likely N-dealkylation sites (N-methyl/N-ethyl adjacent to an activating group) is 1. The Bertz CT molecular complexity index is 640. The molecule has 0 N–H and O–H groups in total. The number of amides is 1. The summed E-state index contributed by atoms with van der Waals surface area (Å²) in [4.78, 5) is 19.5. The maximum absolute atomic E-state index is 13.1. The van der Waals surface area contributed by atoms with Gasteiger partial charge in [-0.1, -0.05) is 37.5 Å². The van der Waals surface area contributed by atoms with Gasteiger partial charge in [-0.05, 0) is 31.9 Å². The molecule has 1 unspecified atom stereocenters. The Morgan fingerprint density at radius 2 is 1.73 bits per heavy atom. The van der Waals surface area contributed by atoms with Crippen molar-refractivity contribution in [2.75, 3.05) is 38.1 Å². The highest BCUT2D eigenvalue weighted by Gasteiger charge is 2.41. The fourth-order valence-corrected chi connectivity index (χ4v) is 4.31. The second kappa shape index (κ2) is 8.09. The molecule has 0 radical (unpaired) electrons. The van der Waals surface area contributed by atoms with E-state index in [0.717, 1.165) is 51.9 Å². The van der Waals surface area contributed by atoms with E-state index >= 15 is 0 Å². The molecule has 1 aliphatic carbocycles. The van der Waals surface area contributed by atoms with Crippen LogP contribution in [0.15, 0.2) is 30.3 Å². The van der Waals surface area contributed by atoms with Gasteiger partial charge in [0.15, 0.2) is 0 Å². The van der Waals surface area contributed by atoms with E-state index in [1.165, 1.54) is 12.1 Å². The van der Waals surface area contributed by atoms with Gasteiger partial charge in [-0.2, -0.15) is 5.26 Å². The third-order valence-corrected chi connectivity index (χ3v) is 6.20. The molecule has 0 bridgehead atoms. The van der Waals surface area contributed by atoms with E-state index in [-0.39, 0.29) is 11.9 Å². The smallest absolute Gasteiger partial charge is 0.240 e. The summed E-state index contributed by atoms with van der Waals surface area (Å²) in [7, 11) is 1.83. The van der Waals surface area contributed by atoms with Crippen molar-refractivity contribution in [3.63, 3.8) is 0 Å². The molecule has 1 aromatic carbocycles. The van der Waals surface area contributed by atoms with Crippen LogP contribution >= 0.6 is 0 Å². The predicted molar refractivity (Wildman–Crippen MR) is 104 cm³/mol. The summed E-state index contributed by atoms with van der Waals surface area (Å²) in [6, 6.07) is 12.7. The van der Waals surface area contributed by atoms with Crippen LogP contribution in [0, 0.1) is 11.3 Å². The summed E-state index contributed by atoms with van der Waals surface area (Å²) in [6.45, 7) is 5.58. The molecule has 26 heavy (non-hydrogen) atoms. The number of rotatable bonds is 4. The van der Waals surface area contributed by atoms with Gasteiger partial charge in [0.1, 0.15) is 5.54 Å². The average Bonchev–Trinajstić information content (AvgIpc) is 2.73. The van der Waals surface area contributed by atoms with Crippen LogP contribution < -0.4 is 4.90 Å². The van der Waals surface area contributed by atoms with Crippen molar-refractivity contribution in [2.24, 2.45) is 0 Å². The summed E-state index contributed by atoms with van der Waals surface area (Å²) in [6.07, 6.45) is 4.85. The zero-order valence-electron chi connectivity index (χ0n) is 16.0. The highest BCUT2D eigenvalue weighted by molar-refractivity contribution is 5.82. The molecule has 1 saturated heterocycles. The highest BCUT2D eigenvalue weighted by atomic mass is 16.2. The van der Waals surface area contributed by atoms with E-state index in [2.05, 4.69) is 40.1 Å². The molecular weight excluding hydrogens is 324 g/mol. The monoisotopic (exact) mass is 354 g/mol. The van der Waals surface area contributed by atoms with E-state index in [1.807, 2.05) is 20.0 Å². The molecule has 3 rings (SSSR count). The Kier molecular flexibility index (Phi) is 5.83. The zero-order valence-corrected chi connectivity index (χ0v) is 16.0. The van der Waals surface area contributed by atoms with Crippen molar-refractivity contribution in [3.8, 4) is 6.07 Å². The second-order valence-corrected chi connectivity index (χ2v) is 7.64. The van der Waals surface area contributed by atoms with Crippen LogP contribution in [-0.4, -0.2) is 60.5 Å². The van der Waals surface area contributed by atoms with Gasteiger partial charge in [0, 0.05) is 38.9 Å². The Morgan fingerprint density at radius 3 is 2.31 bits per heavy atom. The molecule has 1 atom stereocenters. The summed E-state index contributed by atoms with van der Waals surface area (Å²) in [5.74, 6) is 0.0848. The Morgan fingerprint density at radius 1 is 1.12 bits per heavy atom. The maximum atomic E-state index is 13.1. The molecule has 1 amide bonds. The number of anilines is 1. The van der Waals surface area contributed by atoms with Crippen LogP contribution in [0.5, 0.6) is 0 Å². The Balaban J connectivity index is 1.60. The second-order valence-electron chi connectivity index (χ2n) is 7.64. The van der Waals surface area contributed by atoms with Crippen molar-refractivity contribution < 1.29 is 4.79 Å². The van der Waals surface area contributed by atoms with Crippen molar-refractivity contribution in [1.29, 1.82) is 5.26 Å². The number of para-hydroxylation sites is 1. The lowest BCUT2D eigenvalue weighted by Crippen LogP contribution is -2.58. The third-order valence-electron chi connectivity index (χ3n) is 6.20. The van der Waals surface area contributed by atoms with E-state index in [9.17, 15) is 10.1 Å². The molecule has 140 valence electrons. The molecule has 5 nitrogen and oxygen atoms in total. The number of hydrogen-bond donors (Lipinski definition) is 0. The molecule has 1 saturated carbocycles. The average molecular weight is 354 g/mol. The van der Waals surface area contributed by atoms with Gasteiger partial charge in [0.05, 0.1) is 12.1 Å². The Hall–Kier alpha value is -2.06. The molecule has 2 fully saturated rings. The molecular formula is C21H30N4O. The largest absolute Gasteiger partial charge is 0.369 e. The van der Waals surface area contributed by atoms with Gasteiger partial charge in [-0.25, -0.2) is 0 Å². The van der Waals surface area contributed by atoms with Gasteiger partial charge in [0.25, 0.3) is 0 Å². The Labute approximate surface area is 157 Å². The maximum Gasteiger partial charge on any atom is 0.240 e. The van der Waals surface area contributed by atoms with Crippen LogP contribution in [0.25, 0.3) is 0 Å². The summed E-state index contributed by atoms with van der Waals surface area (Å²) in [5, 5.41) is 9.75. The van der Waals surface area contributed by atoms with Crippen LogP contribution in [0.1, 0.15) is 39.0 Å². The number of piperazine rings is 1. The molecule has 0 spiro atoms. The van der Waals surface area contributed by atoms with Crippen LogP contribution in [0.3, 0.4) is 0 Å². The number of nitriles is 1. The lowest BCUT2D eigenvalue weighted by atomic mass is 9.81. The predicted octanol–water partition coefficient (Wildman–Crippen LogP) is 2.88. The molecule has 5 heteroatoms. The third kappa shape index (κ3) is 3.71. The van der Waals surface area contributed by atoms with Crippen LogP contribution in [0.4, 0.5) is 5.69 Å². The number of carbonyl (C=O) groups excluding carboxylic acids is 1. The van der Waals surface area contributed by atoms with Crippen molar-refractivity contribution in [2.45, 2.75) is 50.6 Å². The van der Waals surface area contributed by atoms with Crippen molar-refractivity contribution in [1.82, 2.24) is 9.80 Å². The molecule has 2 aliphatic rings. The summed E-state index contributed by atoms with van der Waals surface area (Å²) >= 11 is 0. The minimum atomic E-state index is -0.602. The molecule has 1 aromatic rings. The van der Waals surface area contributed by atoms with Crippen molar-refractivity contribution >= 4 is 11.6 Å². The van der Waals surface area contributed by atoms with Gasteiger partial charge < -0.3 is 9.80 Å². The molecule has 1 aliphatic heterocycles. The van der Waals surface area contributed by atoms with Gasteiger partial charge in [-0.15, -0.1) is 0 Å². The lowest BCUT2D eigenvalue weighted by Gasteiger charge is -2.43. The normalized spacial score (nSPS) is 21.7. The zero-order chi connectivity index (χ0) is 18.6. The summed E-state index contributed by atoms with van der Waals surface area (Å²) < 4.78 is 0. The standard InChI is InChI=1S/C21H30N4O/c1-18(20(26)23(2)21(17-22)11-7-4-8-12-21)24-13-15-25(16-14-24)19-9-5-3-6-10-19/h3,5-6,9-10,18H,4,7-8,11-16H2,1-2H3. The number of benzene rings is 1.